The van der Waals surface area contributed by atoms with E-state index in [1.54, 1.807) is 0 Å². The van der Waals surface area contributed by atoms with Crippen LogP contribution in [-0.2, 0) is 10.3 Å². The zero-order valence-corrected chi connectivity index (χ0v) is 10.3. The molecule has 1 aliphatic heterocycles. The molecule has 0 spiro atoms. The van der Waals surface area contributed by atoms with E-state index in [1.165, 1.54) is 0 Å². The molecule has 0 radical (unpaired) electrons. The Kier molecular flexibility index (Phi) is 2.56. The summed E-state index contributed by atoms with van der Waals surface area (Å²) in [5.74, 6) is 0.111. The van der Waals surface area contributed by atoms with E-state index in [0.29, 0.717) is 0 Å². The molecule has 0 saturated carbocycles. The molecule has 4 N–H and O–H groups in total. The number of nitrogens with one attached hydrogen (secondary N) is 2. The van der Waals surface area contributed by atoms with Gasteiger partial charge in [0.15, 0.2) is 0 Å². The lowest BCUT2D eigenvalue weighted by molar-refractivity contribution is -0.525. The smallest absolute Gasteiger partial charge is 0.290 e. The van der Waals surface area contributed by atoms with Crippen molar-refractivity contribution in [1.82, 2.24) is 5.32 Å². The highest BCUT2D eigenvalue weighted by molar-refractivity contribution is 6.03. The summed E-state index contributed by atoms with van der Waals surface area (Å²) in [6.45, 7) is 0. The summed E-state index contributed by atoms with van der Waals surface area (Å²) < 4.78 is 0. The highest BCUT2D eigenvalue weighted by atomic mass is 16.2. The summed E-state index contributed by atoms with van der Waals surface area (Å²) in [5, 5.41) is 2.65. The van der Waals surface area contributed by atoms with E-state index < -0.39 is 5.54 Å². The summed E-state index contributed by atoms with van der Waals surface area (Å²) in [7, 11) is 0. The maximum Gasteiger partial charge on any atom is 0.349 e. The van der Waals surface area contributed by atoms with Crippen molar-refractivity contribution in [3.8, 4) is 0 Å². The van der Waals surface area contributed by atoms with Gasteiger partial charge in [-0.05, 0) is 0 Å². The lowest BCUT2D eigenvalue weighted by Gasteiger charge is -2.22. The molecule has 1 aliphatic rings. The van der Waals surface area contributed by atoms with Gasteiger partial charge in [0.2, 0.25) is 5.54 Å². The molecule has 0 aromatic heterocycles. The third kappa shape index (κ3) is 1.69. The number of carbonyl (C=O) groups is 1. The molecule has 4 heteroatoms. The van der Waals surface area contributed by atoms with Crippen LogP contribution in [0.3, 0.4) is 0 Å². The van der Waals surface area contributed by atoms with Crippen molar-refractivity contribution in [1.29, 1.82) is 0 Å². The molecule has 4 nitrogen and oxygen atoms in total. The lowest BCUT2D eigenvalue weighted by atomic mass is 9.83. The van der Waals surface area contributed by atoms with E-state index in [4.69, 9.17) is 5.73 Å². The first-order chi connectivity index (χ1) is 9.23. The predicted octanol–water partition coefficient (Wildman–Crippen LogP) is -0.545. The van der Waals surface area contributed by atoms with Crippen LogP contribution in [0.15, 0.2) is 60.7 Å². The molecule has 1 heterocycles. The normalized spacial score (nSPS) is 16.8. The van der Waals surface area contributed by atoms with E-state index in [1.807, 2.05) is 60.7 Å². The Morgan fingerprint density at radius 2 is 1.37 bits per heavy atom. The molecular weight excluding hydrogens is 238 g/mol. The van der Waals surface area contributed by atoms with Gasteiger partial charge in [-0.1, -0.05) is 60.7 Å². The third-order valence-corrected chi connectivity index (χ3v) is 3.32. The quantitative estimate of drug-likeness (QED) is 0.671. The number of benzene rings is 2. The third-order valence-electron chi connectivity index (χ3n) is 3.32. The Balaban J connectivity index is 2.26. The van der Waals surface area contributed by atoms with Gasteiger partial charge < -0.3 is 0 Å². The van der Waals surface area contributed by atoms with Gasteiger partial charge in [-0.3, -0.25) is 15.5 Å². The largest absolute Gasteiger partial charge is 0.349 e. The number of amides is 1. The summed E-state index contributed by atoms with van der Waals surface area (Å²) >= 11 is 0. The summed E-state index contributed by atoms with van der Waals surface area (Å²) in [6, 6.07) is 19.1. The molecular formula is C15H14N3O+. The van der Waals surface area contributed by atoms with Crippen molar-refractivity contribution in [3.63, 3.8) is 0 Å². The Bertz CT molecular complexity index is 595. The molecule has 2 aromatic carbocycles. The van der Waals surface area contributed by atoms with Crippen LogP contribution in [0.25, 0.3) is 0 Å². The van der Waals surface area contributed by atoms with Crippen molar-refractivity contribution in [2.45, 2.75) is 5.54 Å². The molecule has 94 valence electrons. The van der Waals surface area contributed by atoms with Crippen LogP contribution >= 0.6 is 0 Å². The molecule has 0 unspecified atom stereocenters. The molecule has 1 amide bonds. The van der Waals surface area contributed by atoms with E-state index >= 15 is 0 Å². The van der Waals surface area contributed by atoms with Crippen molar-refractivity contribution in [2.24, 2.45) is 5.73 Å². The molecule has 0 aliphatic carbocycles. The predicted molar refractivity (Wildman–Crippen MR) is 72.0 cm³/mol. The van der Waals surface area contributed by atoms with Gasteiger partial charge in [-0.25, -0.2) is 5.32 Å². The van der Waals surface area contributed by atoms with Crippen molar-refractivity contribution >= 4 is 11.9 Å². The van der Waals surface area contributed by atoms with E-state index in [0.717, 1.165) is 11.1 Å². The molecule has 0 atom stereocenters. The minimum atomic E-state index is -0.952. The molecule has 0 bridgehead atoms. The Morgan fingerprint density at radius 3 is 1.74 bits per heavy atom. The van der Waals surface area contributed by atoms with Crippen molar-refractivity contribution < 1.29 is 9.79 Å². The van der Waals surface area contributed by atoms with Crippen LogP contribution in [0.5, 0.6) is 0 Å². The monoisotopic (exact) mass is 252 g/mol. The number of rotatable bonds is 2. The Hall–Kier alpha value is -2.62. The fourth-order valence-corrected chi connectivity index (χ4v) is 2.46. The summed E-state index contributed by atoms with van der Waals surface area (Å²) in [5.41, 5.74) is 6.52. The molecule has 19 heavy (non-hydrogen) atoms. The fraction of sp³-hybridized carbons (Fsp3) is 0.0667. The van der Waals surface area contributed by atoms with Crippen LogP contribution < -0.4 is 16.0 Å². The molecule has 0 fully saturated rings. The van der Waals surface area contributed by atoms with Crippen LogP contribution in [0.4, 0.5) is 0 Å². The number of guanidine groups is 1. The molecule has 2 aromatic rings. The average molecular weight is 252 g/mol. The number of carbonyl (C=O) groups excluding carboxylic acids is 1. The average Bonchev–Trinajstić information content (AvgIpc) is 2.76. The van der Waals surface area contributed by atoms with Gasteiger partial charge in [0.05, 0.1) is 0 Å². The van der Waals surface area contributed by atoms with E-state index in [2.05, 4.69) is 10.3 Å². The van der Waals surface area contributed by atoms with Gasteiger partial charge in [-0.15, -0.1) is 0 Å². The first-order valence-corrected chi connectivity index (χ1v) is 6.06. The second kappa shape index (κ2) is 4.24. The van der Waals surface area contributed by atoms with Gasteiger partial charge in [0.1, 0.15) is 0 Å². The Morgan fingerprint density at radius 1 is 0.895 bits per heavy atom. The van der Waals surface area contributed by atoms with Gasteiger partial charge in [0, 0.05) is 11.1 Å². The first kappa shape index (κ1) is 11.5. The van der Waals surface area contributed by atoms with Crippen molar-refractivity contribution in [3.05, 3.63) is 71.8 Å². The van der Waals surface area contributed by atoms with E-state index in [9.17, 15) is 4.79 Å². The molecule has 0 saturated heterocycles. The maximum absolute atomic E-state index is 12.4. The van der Waals surface area contributed by atoms with E-state index in [-0.39, 0.29) is 11.9 Å². The zero-order valence-electron chi connectivity index (χ0n) is 10.3. The SMILES string of the molecule is NC1=[NH+]C(c2ccccc2)(c2ccccc2)C(=O)N1. The van der Waals surface area contributed by atoms with Gasteiger partial charge in [0.25, 0.3) is 0 Å². The first-order valence-electron chi connectivity index (χ1n) is 6.06. The topological polar surface area (TPSA) is 69.1 Å². The van der Waals surface area contributed by atoms with Gasteiger partial charge >= 0.3 is 11.9 Å². The van der Waals surface area contributed by atoms with Crippen LogP contribution in [0, 0.1) is 0 Å². The highest BCUT2D eigenvalue weighted by Gasteiger charge is 2.50. The minimum Gasteiger partial charge on any atom is -0.290 e. The number of nitrogens with two attached hydrogens (primary N) is 1. The fourth-order valence-electron chi connectivity index (χ4n) is 2.46. The standard InChI is InChI=1S/C15H13N3O/c16-14-17-13(19)15(18-14,11-7-3-1-4-8-11)12-9-5-2-6-10-12/h1-10H,(H3,16,17,18,19)/p+1. The minimum absolute atomic E-state index is 0.164. The highest BCUT2D eigenvalue weighted by Crippen LogP contribution is 2.26. The van der Waals surface area contributed by atoms with Gasteiger partial charge in [-0.2, -0.15) is 0 Å². The van der Waals surface area contributed by atoms with Crippen LogP contribution in [0.1, 0.15) is 11.1 Å². The lowest BCUT2D eigenvalue weighted by Crippen LogP contribution is -2.85. The number of hydrogen-bond donors (Lipinski definition) is 3. The number of hydrogen-bond acceptors (Lipinski definition) is 2. The second-order valence-corrected chi connectivity index (χ2v) is 4.47. The maximum atomic E-state index is 12.4. The molecule has 3 rings (SSSR count). The van der Waals surface area contributed by atoms with Crippen LogP contribution in [-0.4, -0.2) is 11.9 Å². The summed E-state index contributed by atoms with van der Waals surface area (Å²) in [6.07, 6.45) is 0. The zero-order chi connectivity index (χ0) is 13.3. The van der Waals surface area contributed by atoms with Crippen LogP contribution in [0.2, 0.25) is 0 Å². The Labute approximate surface area is 111 Å². The van der Waals surface area contributed by atoms with Crippen molar-refractivity contribution in [2.75, 3.05) is 0 Å². The summed E-state index contributed by atoms with van der Waals surface area (Å²) in [4.78, 5) is 15.5. The second-order valence-electron chi connectivity index (χ2n) is 4.47.